The number of aromatic nitrogens is 2. The zero-order valence-corrected chi connectivity index (χ0v) is 13.9. The van der Waals surface area contributed by atoms with E-state index in [1.807, 2.05) is 6.92 Å². The molecule has 1 aromatic heterocycles. The van der Waals surface area contributed by atoms with E-state index in [-0.39, 0.29) is 18.6 Å². The summed E-state index contributed by atoms with van der Waals surface area (Å²) in [4.78, 5) is 12.0. The van der Waals surface area contributed by atoms with Crippen molar-refractivity contribution in [3.63, 3.8) is 0 Å². The maximum absolute atomic E-state index is 12.0. The molecule has 0 radical (unpaired) electrons. The highest BCUT2D eigenvalue weighted by molar-refractivity contribution is 6.30. The Labute approximate surface area is 140 Å². The molecule has 3 N–H and O–H groups in total. The summed E-state index contributed by atoms with van der Waals surface area (Å²) in [6.07, 6.45) is 1.76. The summed E-state index contributed by atoms with van der Waals surface area (Å²) in [6, 6.07) is 8.40. The van der Waals surface area contributed by atoms with Crippen molar-refractivity contribution in [1.82, 2.24) is 15.1 Å². The Hall–Kier alpha value is -2.05. The van der Waals surface area contributed by atoms with Gasteiger partial charge in [0.05, 0.1) is 18.3 Å². The zero-order chi connectivity index (χ0) is 16.8. The summed E-state index contributed by atoms with van der Waals surface area (Å²) in [6.45, 7) is 4.18. The average Bonchev–Trinajstić information content (AvgIpc) is 3.00. The topological polar surface area (TPSA) is 79.2 Å². The Kier molecular flexibility index (Phi) is 6.01. The van der Waals surface area contributed by atoms with Crippen molar-refractivity contribution >= 4 is 23.4 Å². The van der Waals surface area contributed by atoms with E-state index in [1.54, 1.807) is 41.2 Å². The van der Waals surface area contributed by atoms with Crippen LogP contribution in [0.3, 0.4) is 0 Å². The van der Waals surface area contributed by atoms with Gasteiger partial charge in [-0.25, -0.2) is 9.48 Å². The maximum Gasteiger partial charge on any atom is 0.320 e. The molecule has 0 spiro atoms. The van der Waals surface area contributed by atoms with Gasteiger partial charge in [-0.1, -0.05) is 30.7 Å². The van der Waals surface area contributed by atoms with E-state index in [0.29, 0.717) is 16.4 Å². The van der Waals surface area contributed by atoms with Gasteiger partial charge in [-0.2, -0.15) is 5.10 Å². The molecule has 7 heteroatoms. The van der Waals surface area contributed by atoms with Gasteiger partial charge in [0, 0.05) is 17.6 Å². The monoisotopic (exact) mass is 336 g/mol. The second-order valence-electron chi connectivity index (χ2n) is 5.32. The van der Waals surface area contributed by atoms with Gasteiger partial charge in [-0.15, -0.1) is 0 Å². The summed E-state index contributed by atoms with van der Waals surface area (Å²) in [5.74, 6) is 0.623. The van der Waals surface area contributed by atoms with Crippen LogP contribution in [0.1, 0.15) is 38.0 Å². The van der Waals surface area contributed by atoms with Gasteiger partial charge in [0.2, 0.25) is 0 Å². The molecule has 6 nitrogen and oxygen atoms in total. The van der Waals surface area contributed by atoms with Gasteiger partial charge in [0.15, 0.2) is 0 Å². The lowest BCUT2D eigenvalue weighted by Crippen LogP contribution is -2.33. The molecule has 124 valence electrons. The first-order chi connectivity index (χ1) is 11.0. The minimum atomic E-state index is -0.794. The van der Waals surface area contributed by atoms with Crippen molar-refractivity contribution in [1.29, 1.82) is 0 Å². The predicted octanol–water partition coefficient (Wildman–Crippen LogP) is 3.36. The van der Waals surface area contributed by atoms with Crippen molar-refractivity contribution < 1.29 is 9.90 Å². The molecule has 0 unspecified atom stereocenters. The normalized spacial score (nSPS) is 13.4. The Morgan fingerprint density at radius 3 is 2.70 bits per heavy atom. The number of nitrogens with one attached hydrogen (secondary N) is 2. The van der Waals surface area contributed by atoms with Crippen LogP contribution in [0.2, 0.25) is 5.02 Å². The molecule has 2 amide bonds. The van der Waals surface area contributed by atoms with Gasteiger partial charge >= 0.3 is 6.03 Å². The molecule has 0 aliphatic rings. The third kappa shape index (κ3) is 4.71. The van der Waals surface area contributed by atoms with Gasteiger partial charge in [0.25, 0.3) is 0 Å². The van der Waals surface area contributed by atoms with Crippen LogP contribution in [-0.4, -0.2) is 27.5 Å². The van der Waals surface area contributed by atoms with E-state index in [1.165, 1.54) is 0 Å². The number of hydrogen-bond donors (Lipinski definition) is 3. The van der Waals surface area contributed by atoms with Gasteiger partial charge in [-0.05, 0) is 31.0 Å². The summed E-state index contributed by atoms with van der Waals surface area (Å²) in [7, 11) is 0. The Morgan fingerprint density at radius 1 is 1.35 bits per heavy atom. The molecule has 1 aromatic carbocycles. The summed E-state index contributed by atoms with van der Waals surface area (Å²) < 4.78 is 1.76. The van der Waals surface area contributed by atoms with Crippen molar-refractivity contribution in [3.8, 4) is 0 Å². The number of aliphatic hydroxyl groups excluding tert-OH is 1. The lowest BCUT2D eigenvalue weighted by Gasteiger charge is -2.16. The minimum Gasteiger partial charge on any atom is -0.387 e. The molecule has 1 heterocycles. The van der Waals surface area contributed by atoms with Crippen LogP contribution in [0.25, 0.3) is 0 Å². The summed E-state index contributed by atoms with van der Waals surface area (Å²) >= 11 is 5.81. The molecule has 2 aromatic rings. The number of aliphatic hydroxyl groups is 1. The van der Waals surface area contributed by atoms with Crippen LogP contribution in [-0.2, 0) is 0 Å². The van der Waals surface area contributed by atoms with E-state index >= 15 is 0 Å². The number of hydrogen-bond acceptors (Lipinski definition) is 3. The molecule has 0 bridgehead atoms. The number of carbonyl (C=O) groups is 1. The molecular formula is C16H21ClN4O2. The number of nitrogens with zero attached hydrogens (tertiary/aromatic N) is 2. The second kappa shape index (κ2) is 7.99. The van der Waals surface area contributed by atoms with Crippen LogP contribution in [0.5, 0.6) is 0 Å². The van der Waals surface area contributed by atoms with E-state index in [9.17, 15) is 9.90 Å². The Balaban J connectivity index is 1.88. The summed E-state index contributed by atoms with van der Waals surface area (Å²) in [5, 5.41) is 20.3. The number of urea groups is 1. The van der Waals surface area contributed by atoms with Gasteiger partial charge < -0.3 is 10.4 Å². The first-order valence-electron chi connectivity index (χ1n) is 7.53. The zero-order valence-electron chi connectivity index (χ0n) is 13.2. The van der Waals surface area contributed by atoms with Crippen molar-refractivity contribution in [2.24, 2.45) is 0 Å². The molecule has 0 saturated carbocycles. The van der Waals surface area contributed by atoms with Crippen LogP contribution in [0.4, 0.5) is 10.6 Å². The van der Waals surface area contributed by atoms with Crippen molar-refractivity contribution in [3.05, 3.63) is 47.1 Å². The second-order valence-corrected chi connectivity index (χ2v) is 5.76. The molecule has 2 atom stereocenters. The molecule has 0 saturated heterocycles. The van der Waals surface area contributed by atoms with E-state index < -0.39 is 6.10 Å². The quantitative estimate of drug-likeness (QED) is 0.756. The lowest BCUT2D eigenvalue weighted by atomic mass is 10.1. The minimum absolute atomic E-state index is 0.102. The number of benzene rings is 1. The van der Waals surface area contributed by atoms with E-state index in [2.05, 4.69) is 22.7 Å². The number of carbonyl (C=O) groups excluding carboxylic acids is 1. The highest BCUT2D eigenvalue weighted by Crippen LogP contribution is 2.17. The molecule has 0 aliphatic carbocycles. The third-order valence-electron chi connectivity index (χ3n) is 3.63. The van der Waals surface area contributed by atoms with Crippen LogP contribution < -0.4 is 10.6 Å². The van der Waals surface area contributed by atoms with Crippen molar-refractivity contribution in [2.75, 3.05) is 11.9 Å². The van der Waals surface area contributed by atoms with E-state index in [4.69, 9.17) is 11.6 Å². The molecule has 2 rings (SSSR count). The maximum atomic E-state index is 12.0. The molecule has 0 fully saturated rings. The first kappa shape index (κ1) is 17.3. The van der Waals surface area contributed by atoms with Gasteiger partial charge in [-0.3, -0.25) is 5.32 Å². The first-order valence-corrected chi connectivity index (χ1v) is 7.91. The number of halogens is 1. The van der Waals surface area contributed by atoms with Crippen molar-refractivity contribution in [2.45, 2.75) is 32.4 Å². The summed E-state index contributed by atoms with van der Waals surface area (Å²) in [5.41, 5.74) is 0.694. The predicted molar refractivity (Wildman–Crippen MR) is 90.7 cm³/mol. The highest BCUT2D eigenvalue weighted by atomic mass is 35.5. The lowest BCUT2D eigenvalue weighted by molar-refractivity contribution is 0.175. The molecule has 0 aliphatic heterocycles. The fourth-order valence-corrected chi connectivity index (χ4v) is 2.22. The third-order valence-corrected chi connectivity index (χ3v) is 3.88. The number of rotatable bonds is 6. The molecule has 23 heavy (non-hydrogen) atoms. The Morgan fingerprint density at radius 2 is 2.04 bits per heavy atom. The SMILES string of the molecule is CC[C@H](C)n1nccc1NC(=O)NC[C@H](O)c1ccc(Cl)cc1. The number of anilines is 1. The molecular weight excluding hydrogens is 316 g/mol. The van der Waals surface area contributed by atoms with Crippen LogP contribution in [0, 0.1) is 0 Å². The fraction of sp³-hybridized carbons (Fsp3) is 0.375. The van der Waals surface area contributed by atoms with Gasteiger partial charge in [0.1, 0.15) is 5.82 Å². The average molecular weight is 337 g/mol. The number of amides is 2. The fourth-order valence-electron chi connectivity index (χ4n) is 2.09. The largest absolute Gasteiger partial charge is 0.387 e. The van der Waals surface area contributed by atoms with E-state index in [0.717, 1.165) is 6.42 Å². The Bertz CT molecular complexity index is 642. The highest BCUT2D eigenvalue weighted by Gasteiger charge is 2.13. The van der Waals surface area contributed by atoms with Crippen LogP contribution in [0.15, 0.2) is 36.5 Å². The standard InChI is InChI=1S/C16H21ClN4O2/c1-3-11(2)21-15(8-9-19-21)20-16(23)18-10-14(22)12-4-6-13(17)7-5-12/h4-9,11,14,22H,3,10H2,1-2H3,(H2,18,20,23)/t11-,14-/m0/s1. The smallest absolute Gasteiger partial charge is 0.320 e. The van der Waals surface area contributed by atoms with Crippen LogP contribution >= 0.6 is 11.6 Å².